The number of rotatable bonds is 4. The maximum atomic E-state index is 6.31. The highest BCUT2D eigenvalue weighted by Gasteiger charge is 2.36. The van der Waals surface area contributed by atoms with E-state index in [4.69, 9.17) is 23.2 Å². The molecule has 2 aromatic rings. The number of hydrogen-bond donors (Lipinski definition) is 0. The van der Waals surface area contributed by atoms with Gasteiger partial charge in [0, 0.05) is 12.7 Å². The van der Waals surface area contributed by atoms with E-state index in [0.29, 0.717) is 10.4 Å². The smallest absolute Gasteiger partial charge is 0.160 e. The monoisotopic (exact) mass is 311 g/mol. The molecule has 2 heterocycles. The number of halogens is 2. The molecule has 108 valence electrons. The number of alkyl halides is 1. The zero-order chi connectivity index (χ0) is 14.3. The first kappa shape index (κ1) is 14.2. The molecule has 0 amide bonds. The third kappa shape index (κ3) is 2.31. The third-order valence-corrected chi connectivity index (χ3v) is 5.00. The number of hydrogen-bond acceptors (Lipinski definition) is 2. The van der Waals surface area contributed by atoms with Gasteiger partial charge in [0.1, 0.15) is 11.3 Å². The summed E-state index contributed by atoms with van der Waals surface area (Å²) >= 11 is 12.3. The first-order valence-corrected chi connectivity index (χ1v) is 8.02. The van der Waals surface area contributed by atoms with Gasteiger partial charge in [0.25, 0.3) is 0 Å². The highest BCUT2D eigenvalue weighted by Crippen LogP contribution is 2.46. The second kappa shape index (κ2) is 5.19. The Kier molecular flexibility index (Phi) is 3.67. The molecule has 0 aromatic carbocycles. The molecule has 0 saturated heterocycles. The van der Waals surface area contributed by atoms with E-state index in [2.05, 4.69) is 21.5 Å². The average molecular weight is 312 g/mol. The van der Waals surface area contributed by atoms with Crippen molar-refractivity contribution in [3.8, 4) is 0 Å². The Labute approximate surface area is 129 Å². The maximum absolute atomic E-state index is 6.31. The summed E-state index contributed by atoms with van der Waals surface area (Å²) in [7, 11) is 0. The Morgan fingerprint density at radius 3 is 2.75 bits per heavy atom. The molecule has 3 nitrogen and oxygen atoms in total. The van der Waals surface area contributed by atoms with Crippen LogP contribution in [0.3, 0.4) is 0 Å². The minimum absolute atomic E-state index is 0.128. The standard InChI is InChI=1S/C15H19Cl2N3/c1-3-15(5-4-6-15)9-20-13(10(2)16)19-12-7-11(17)8-18-14(12)20/h7-8,10H,3-6,9H2,1-2H3. The van der Waals surface area contributed by atoms with Gasteiger partial charge in [-0.3, -0.25) is 0 Å². The summed E-state index contributed by atoms with van der Waals surface area (Å²) in [6.07, 6.45) is 6.77. The van der Waals surface area contributed by atoms with Gasteiger partial charge in [-0.15, -0.1) is 11.6 Å². The molecule has 0 radical (unpaired) electrons. The number of nitrogens with zero attached hydrogens (tertiary/aromatic N) is 3. The fourth-order valence-corrected chi connectivity index (χ4v) is 3.42. The van der Waals surface area contributed by atoms with E-state index in [9.17, 15) is 0 Å². The Morgan fingerprint density at radius 1 is 1.45 bits per heavy atom. The van der Waals surface area contributed by atoms with Crippen molar-refractivity contribution in [3.63, 3.8) is 0 Å². The van der Waals surface area contributed by atoms with Crippen LogP contribution in [0.25, 0.3) is 11.2 Å². The number of pyridine rings is 1. The van der Waals surface area contributed by atoms with Crippen LogP contribution in [0.2, 0.25) is 5.02 Å². The molecule has 3 rings (SSSR count). The summed E-state index contributed by atoms with van der Waals surface area (Å²) in [4.78, 5) is 9.10. The first-order valence-electron chi connectivity index (χ1n) is 7.20. The van der Waals surface area contributed by atoms with Gasteiger partial charge >= 0.3 is 0 Å². The molecule has 1 saturated carbocycles. The van der Waals surface area contributed by atoms with Crippen LogP contribution in [-0.2, 0) is 6.54 Å². The summed E-state index contributed by atoms with van der Waals surface area (Å²) in [5.74, 6) is 0.899. The van der Waals surface area contributed by atoms with Gasteiger partial charge in [-0.25, -0.2) is 9.97 Å². The Bertz CT molecular complexity index is 624. The van der Waals surface area contributed by atoms with Crippen LogP contribution in [0, 0.1) is 5.41 Å². The van der Waals surface area contributed by atoms with Crippen LogP contribution in [0.1, 0.15) is 50.7 Å². The lowest BCUT2D eigenvalue weighted by Gasteiger charge is -2.42. The molecule has 2 aromatic heterocycles. The van der Waals surface area contributed by atoms with Crippen molar-refractivity contribution in [1.82, 2.24) is 14.5 Å². The lowest BCUT2D eigenvalue weighted by Crippen LogP contribution is -2.34. The van der Waals surface area contributed by atoms with Gasteiger partial charge < -0.3 is 4.57 Å². The predicted octanol–water partition coefficient (Wildman–Crippen LogP) is 4.96. The summed E-state index contributed by atoms with van der Waals surface area (Å²) in [6, 6.07) is 1.86. The first-order chi connectivity index (χ1) is 9.54. The average Bonchev–Trinajstić information content (AvgIpc) is 2.71. The zero-order valence-electron chi connectivity index (χ0n) is 11.9. The molecule has 1 unspecified atom stereocenters. The summed E-state index contributed by atoms with van der Waals surface area (Å²) in [5, 5.41) is 0.488. The molecule has 0 spiro atoms. The van der Waals surface area contributed by atoms with Crippen molar-refractivity contribution in [1.29, 1.82) is 0 Å². The molecule has 5 heteroatoms. The number of fused-ring (bicyclic) bond motifs is 1. The van der Waals surface area contributed by atoms with E-state index in [1.165, 1.54) is 25.7 Å². The molecule has 0 aliphatic heterocycles. The minimum Gasteiger partial charge on any atom is -0.311 e. The molecule has 20 heavy (non-hydrogen) atoms. The molecule has 1 aliphatic carbocycles. The summed E-state index contributed by atoms with van der Waals surface area (Å²) in [6.45, 7) is 5.19. The largest absolute Gasteiger partial charge is 0.311 e. The quantitative estimate of drug-likeness (QED) is 0.747. The van der Waals surface area contributed by atoms with Crippen molar-refractivity contribution in [2.24, 2.45) is 5.41 Å². The van der Waals surface area contributed by atoms with Crippen molar-refractivity contribution >= 4 is 34.4 Å². The van der Waals surface area contributed by atoms with E-state index in [1.54, 1.807) is 6.20 Å². The highest BCUT2D eigenvalue weighted by atomic mass is 35.5. The minimum atomic E-state index is -0.128. The second-order valence-electron chi connectivity index (χ2n) is 5.88. The Morgan fingerprint density at radius 2 is 2.20 bits per heavy atom. The van der Waals surface area contributed by atoms with Gasteiger partial charge in [-0.2, -0.15) is 0 Å². The number of imidazole rings is 1. The Hall–Kier alpha value is -0.800. The van der Waals surface area contributed by atoms with Crippen molar-refractivity contribution in [3.05, 3.63) is 23.1 Å². The van der Waals surface area contributed by atoms with Crippen LogP contribution >= 0.6 is 23.2 Å². The van der Waals surface area contributed by atoms with Gasteiger partial charge in [0.05, 0.1) is 10.4 Å². The fraction of sp³-hybridized carbons (Fsp3) is 0.600. The van der Waals surface area contributed by atoms with Crippen molar-refractivity contribution in [2.75, 3.05) is 0 Å². The van der Waals surface area contributed by atoms with Gasteiger partial charge in [0.2, 0.25) is 0 Å². The molecule has 0 bridgehead atoms. The van der Waals surface area contributed by atoms with Gasteiger partial charge in [-0.05, 0) is 37.7 Å². The van der Waals surface area contributed by atoms with Crippen LogP contribution < -0.4 is 0 Å². The van der Waals surface area contributed by atoms with E-state index in [0.717, 1.165) is 23.5 Å². The maximum Gasteiger partial charge on any atom is 0.160 e. The normalized spacial score (nSPS) is 19.0. The lowest BCUT2D eigenvalue weighted by molar-refractivity contribution is 0.100. The highest BCUT2D eigenvalue weighted by molar-refractivity contribution is 6.31. The van der Waals surface area contributed by atoms with E-state index >= 15 is 0 Å². The van der Waals surface area contributed by atoms with Crippen LogP contribution in [0.15, 0.2) is 12.3 Å². The fourth-order valence-electron chi connectivity index (χ4n) is 3.10. The van der Waals surface area contributed by atoms with E-state index in [1.807, 2.05) is 13.0 Å². The SMILES string of the molecule is CCC1(Cn2c(C(C)Cl)nc3cc(Cl)cnc32)CCC1. The summed E-state index contributed by atoms with van der Waals surface area (Å²) < 4.78 is 2.20. The van der Waals surface area contributed by atoms with Crippen molar-refractivity contribution in [2.45, 2.75) is 51.5 Å². The van der Waals surface area contributed by atoms with Crippen LogP contribution in [0.4, 0.5) is 0 Å². The third-order valence-electron chi connectivity index (χ3n) is 4.59. The second-order valence-corrected chi connectivity index (χ2v) is 6.97. The topological polar surface area (TPSA) is 30.7 Å². The van der Waals surface area contributed by atoms with Gasteiger partial charge in [-0.1, -0.05) is 24.9 Å². The predicted molar refractivity (Wildman–Crippen MR) is 83.4 cm³/mol. The van der Waals surface area contributed by atoms with Gasteiger partial charge in [0.15, 0.2) is 5.65 Å². The van der Waals surface area contributed by atoms with Crippen LogP contribution in [0.5, 0.6) is 0 Å². The van der Waals surface area contributed by atoms with E-state index in [-0.39, 0.29) is 5.38 Å². The molecule has 0 N–H and O–H groups in total. The molecule has 1 aliphatic rings. The molecular formula is C15H19Cl2N3. The number of aromatic nitrogens is 3. The molecule has 1 fully saturated rings. The van der Waals surface area contributed by atoms with Crippen LogP contribution in [-0.4, -0.2) is 14.5 Å². The molecular weight excluding hydrogens is 293 g/mol. The summed E-state index contributed by atoms with van der Waals surface area (Å²) in [5.41, 5.74) is 2.14. The zero-order valence-corrected chi connectivity index (χ0v) is 13.4. The van der Waals surface area contributed by atoms with Crippen molar-refractivity contribution < 1.29 is 0 Å². The lowest BCUT2D eigenvalue weighted by atomic mass is 9.67. The van der Waals surface area contributed by atoms with E-state index < -0.39 is 0 Å². The Balaban J connectivity index is 2.09. The molecule has 1 atom stereocenters.